The van der Waals surface area contributed by atoms with Gasteiger partial charge in [-0.15, -0.1) is 0 Å². The minimum Gasteiger partial charge on any atom is -0.373 e. The Morgan fingerprint density at radius 1 is 1.35 bits per heavy atom. The van der Waals surface area contributed by atoms with Crippen LogP contribution in [0.2, 0.25) is 5.02 Å². The molecule has 1 saturated carbocycles. The molecule has 1 fully saturated rings. The first-order chi connectivity index (χ1) is 8.20. The molecular weight excluding hydrogens is 232 g/mol. The molecule has 2 N–H and O–H groups in total. The summed E-state index contributed by atoms with van der Waals surface area (Å²) in [5.41, 5.74) is 7.82. The van der Waals surface area contributed by atoms with E-state index in [2.05, 4.69) is 24.1 Å². The van der Waals surface area contributed by atoms with Crippen molar-refractivity contribution >= 4 is 17.3 Å². The van der Waals surface area contributed by atoms with Crippen LogP contribution in [0.4, 0.5) is 5.69 Å². The van der Waals surface area contributed by atoms with Gasteiger partial charge in [0, 0.05) is 20.1 Å². The van der Waals surface area contributed by atoms with E-state index in [-0.39, 0.29) is 0 Å². The third kappa shape index (κ3) is 3.14. The average molecular weight is 253 g/mol. The van der Waals surface area contributed by atoms with E-state index in [1.165, 1.54) is 25.7 Å². The van der Waals surface area contributed by atoms with E-state index in [0.717, 1.165) is 28.7 Å². The van der Waals surface area contributed by atoms with Crippen LogP contribution >= 0.6 is 11.6 Å². The summed E-state index contributed by atoms with van der Waals surface area (Å²) in [6, 6.07) is 6.12. The maximum Gasteiger partial charge on any atom is 0.0642 e. The molecule has 0 atom stereocenters. The SMILES string of the molecule is CN(CC1CCCC1)c1ccc(CN)cc1Cl. The van der Waals surface area contributed by atoms with Gasteiger partial charge in [0.15, 0.2) is 0 Å². The van der Waals surface area contributed by atoms with Gasteiger partial charge in [-0.25, -0.2) is 0 Å². The zero-order valence-corrected chi connectivity index (χ0v) is 11.2. The van der Waals surface area contributed by atoms with E-state index in [1.54, 1.807) is 0 Å². The van der Waals surface area contributed by atoms with Crippen LogP contribution < -0.4 is 10.6 Å². The van der Waals surface area contributed by atoms with Gasteiger partial charge in [0.2, 0.25) is 0 Å². The summed E-state index contributed by atoms with van der Waals surface area (Å²) in [7, 11) is 2.13. The maximum atomic E-state index is 6.29. The highest BCUT2D eigenvalue weighted by molar-refractivity contribution is 6.33. The Balaban J connectivity index is 2.04. The number of nitrogens with zero attached hydrogens (tertiary/aromatic N) is 1. The molecule has 0 aromatic heterocycles. The lowest BCUT2D eigenvalue weighted by atomic mass is 10.1. The Morgan fingerprint density at radius 2 is 2.06 bits per heavy atom. The third-order valence-corrected chi connectivity index (χ3v) is 3.97. The molecule has 1 aliphatic rings. The molecule has 0 spiro atoms. The van der Waals surface area contributed by atoms with Crippen molar-refractivity contribution in [2.45, 2.75) is 32.2 Å². The number of hydrogen-bond acceptors (Lipinski definition) is 2. The fourth-order valence-electron chi connectivity index (χ4n) is 2.67. The zero-order chi connectivity index (χ0) is 12.3. The first-order valence-corrected chi connectivity index (χ1v) is 6.78. The summed E-state index contributed by atoms with van der Waals surface area (Å²) in [6.07, 6.45) is 5.50. The van der Waals surface area contributed by atoms with Crippen LogP contribution in [0.5, 0.6) is 0 Å². The van der Waals surface area contributed by atoms with Gasteiger partial charge < -0.3 is 10.6 Å². The molecule has 94 valence electrons. The van der Waals surface area contributed by atoms with Crippen molar-refractivity contribution in [2.75, 3.05) is 18.5 Å². The summed E-state index contributed by atoms with van der Waals surface area (Å²) < 4.78 is 0. The highest BCUT2D eigenvalue weighted by Gasteiger charge is 2.18. The average Bonchev–Trinajstić information content (AvgIpc) is 2.81. The predicted octanol–water partition coefficient (Wildman–Crippen LogP) is 3.43. The molecule has 1 aromatic carbocycles. The molecular formula is C14H21ClN2. The molecule has 0 radical (unpaired) electrons. The molecule has 17 heavy (non-hydrogen) atoms. The maximum absolute atomic E-state index is 6.29. The van der Waals surface area contributed by atoms with Crippen LogP contribution in [0, 0.1) is 5.92 Å². The first kappa shape index (κ1) is 12.7. The van der Waals surface area contributed by atoms with Crippen molar-refractivity contribution < 1.29 is 0 Å². The van der Waals surface area contributed by atoms with E-state index in [9.17, 15) is 0 Å². The first-order valence-electron chi connectivity index (χ1n) is 6.40. The topological polar surface area (TPSA) is 29.3 Å². The van der Waals surface area contributed by atoms with E-state index < -0.39 is 0 Å². The smallest absolute Gasteiger partial charge is 0.0642 e. The van der Waals surface area contributed by atoms with Gasteiger partial charge >= 0.3 is 0 Å². The molecule has 0 amide bonds. The van der Waals surface area contributed by atoms with Crippen molar-refractivity contribution in [1.82, 2.24) is 0 Å². The largest absolute Gasteiger partial charge is 0.373 e. The van der Waals surface area contributed by atoms with Gasteiger partial charge in [0.05, 0.1) is 10.7 Å². The van der Waals surface area contributed by atoms with Gasteiger partial charge in [0.25, 0.3) is 0 Å². The Kier molecular flexibility index (Phi) is 4.30. The second-order valence-electron chi connectivity index (χ2n) is 5.02. The molecule has 1 aliphatic carbocycles. The minimum absolute atomic E-state index is 0.548. The van der Waals surface area contributed by atoms with Gasteiger partial charge in [0.1, 0.15) is 0 Å². The van der Waals surface area contributed by atoms with E-state index in [4.69, 9.17) is 17.3 Å². The van der Waals surface area contributed by atoms with Crippen LogP contribution in [0.3, 0.4) is 0 Å². The second-order valence-corrected chi connectivity index (χ2v) is 5.43. The van der Waals surface area contributed by atoms with E-state index in [0.29, 0.717) is 6.54 Å². The summed E-state index contributed by atoms with van der Waals surface area (Å²) in [6.45, 7) is 1.66. The number of benzene rings is 1. The minimum atomic E-state index is 0.548. The quantitative estimate of drug-likeness (QED) is 0.890. The summed E-state index contributed by atoms with van der Waals surface area (Å²) in [5.74, 6) is 0.838. The molecule has 3 heteroatoms. The van der Waals surface area contributed by atoms with Gasteiger partial charge in [-0.05, 0) is 36.5 Å². The fourth-order valence-corrected chi connectivity index (χ4v) is 3.01. The fraction of sp³-hybridized carbons (Fsp3) is 0.571. The standard InChI is InChI=1S/C14H21ClN2/c1-17(10-11-4-2-3-5-11)14-7-6-12(9-16)8-13(14)15/h6-8,11H,2-5,9-10,16H2,1H3. The number of halogens is 1. The molecule has 2 rings (SSSR count). The lowest BCUT2D eigenvalue weighted by Crippen LogP contribution is -2.24. The van der Waals surface area contributed by atoms with Crippen LogP contribution in [0.1, 0.15) is 31.2 Å². The van der Waals surface area contributed by atoms with Gasteiger partial charge in [-0.3, -0.25) is 0 Å². The number of rotatable bonds is 4. The number of nitrogens with two attached hydrogens (primary N) is 1. The number of hydrogen-bond donors (Lipinski definition) is 1. The van der Waals surface area contributed by atoms with Crippen LogP contribution in [-0.2, 0) is 6.54 Å². The summed E-state index contributed by atoms with van der Waals surface area (Å²) in [5, 5.41) is 0.813. The van der Waals surface area contributed by atoms with Crippen LogP contribution in [0.25, 0.3) is 0 Å². The number of anilines is 1. The highest BCUT2D eigenvalue weighted by atomic mass is 35.5. The zero-order valence-electron chi connectivity index (χ0n) is 10.5. The Hall–Kier alpha value is -0.730. The van der Waals surface area contributed by atoms with Gasteiger partial charge in [-0.2, -0.15) is 0 Å². The molecule has 0 unspecified atom stereocenters. The Labute approximate surface area is 109 Å². The molecule has 0 aliphatic heterocycles. The Morgan fingerprint density at radius 3 is 2.65 bits per heavy atom. The van der Waals surface area contributed by atoms with Crippen molar-refractivity contribution in [1.29, 1.82) is 0 Å². The molecule has 1 aromatic rings. The molecule has 0 heterocycles. The second kappa shape index (κ2) is 5.74. The van der Waals surface area contributed by atoms with Crippen molar-refractivity contribution in [2.24, 2.45) is 11.7 Å². The van der Waals surface area contributed by atoms with Crippen molar-refractivity contribution in [3.8, 4) is 0 Å². The summed E-state index contributed by atoms with van der Waals surface area (Å²) >= 11 is 6.29. The molecule has 2 nitrogen and oxygen atoms in total. The lowest BCUT2D eigenvalue weighted by molar-refractivity contribution is 0.547. The lowest BCUT2D eigenvalue weighted by Gasteiger charge is -2.24. The van der Waals surface area contributed by atoms with Crippen molar-refractivity contribution in [3.05, 3.63) is 28.8 Å². The predicted molar refractivity (Wildman–Crippen MR) is 74.6 cm³/mol. The molecule has 0 saturated heterocycles. The monoisotopic (exact) mass is 252 g/mol. The van der Waals surface area contributed by atoms with Crippen molar-refractivity contribution in [3.63, 3.8) is 0 Å². The van der Waals surface area contributed by atoms with E-state index >= 15 is 0 Å². The van der Waals surface area contributed by atoms with Crippen LogP contribution in [0.15, 0.2) is 18.2 Å². The van der Waals surface area contributed by atoms with Gasteiger partial charge in [-0.1, -0.05) is 30.5 Å². The van der Waals surface area contributed by atoms with Crippen LogP contribution in [-0.4, -0.2) is 13.6 Å². The Bertz CT molecular complexity index is 372. The third-order valence-electron chi connectivity index (χ3n) is 3.67. The van der Waals surface area contributed by atoms with E-state index in [1.807, 2.05) is 6.07 Å². The molecule has 0 bridgehead atoms. The highest BCUT2D eigenvalue weighted by Crippen LogP contribution is 2.30. The normalized spacial score (nSPS) is 16.4. The summed E-state index contributed by atoms with van der Waals surface area (Å²) in [4.78, 5) is 2.28.